The monoisotopic (exact) mass is 829 g/mol. The number of carbonyl (C=O) groups excluding carboxylic acids is 3. The van der Waals surface area contributed by atoms with Crippen molar-refractivity contribution in [3.05, 3.63) is 36.5 Å². The largest absolute Gasteiger partial charge is 0.462 e. The predicted octanol–water partition coefficient (Wildman–Crippen LogP) is 16.5. The fourth-order valence-electron chi connectivity index (χ4n) is 7.27. The summed E-state index contributed by atoms with van der Waals surface area (Å²) in [6, 6.07) is 0. The molecular formula is C53H96O6. The summed E-state index contributed by atoms with van der Waals surface area (Å²) in [5.41, 5.74) is 0. The van der Waals surface area contributed by atoms with Gasteiger partial charge in [0.2, 0.25) is 0 Å². The second kappa shape index (κ2) is 48.3. The molecule has 0 aromatic rings. The molecule has 0 aliphatic rings. The van der Waals surface area contributed by atoms with Crippen molar-refractivity contribution in [3.8, 4) is 0 Å². The van der Waals surface area contributed by atoms with E-state index in [0.717, 1.165) is 70.6 Å². The maximum Gasteiger partial charge on any atom is 0.306 e. The van der Waals surface area contributed by atoms with Crippen LogP contribution in [-0.2, 0) is 28.6 Å². The molecule has 1 unspecified atom stereocenters. The molecule has 0 amide bonds. The second-order valence-electron chi connectivity index (χ2n) is 17.1. The molecule has 0 spiro atoms. The molecule has 0 saturated carbocycles. The standard InChI is InChI=1S/C53H96O6/c1-4-7-10-13-16-18-19-20-21-22-23-24-25-26-27-28-29-30-31-32-33-35-37-40-43-46-52(55)58-49-50(48-57-51(54)45-42-39-36-15-12-9-6-3)59-53(56)47-44-41-38-34-17-14-11-8-5-2/h19-20,22-23,25-26,50H,4-18,21,24,27-49H2,1-3H3/b20-19-,23-22-,26-25-. The zero-order valence-electron chi connectivity index (χ0n) is 39.3. The predicted molar refractivity (Wildman–Crippen MR) is 252 cm³/mol. The van der Waals surface area contributed by atoms with E-state index >= 15 is 0 Å². The van der Waals surface area contributed by atoms with E-state index in [1.165, 1.54) is 154 Å². The lowest BCUT2D eigenvalue weighted by atomic mass is 10.1. The van der Waals surface area contributed by atoms with Crippen molar-refractivity contribution in [1.82, 2.24) is 0 Å². The summed E-state index contributed by atoms with van der Waals surface area (Å²) < 4.78 is 16.7. The van der Waals surface area contributed by atoms with Gasteiger partial charge in [0.25, 0.3) is 0 Å². The van der Waals surface area contributed by atoms with Gasteiger partial charge in [-0.1, -0.05) is 224 Å². The summed E-state index contributed by atoms with van der Waals surface area (Å²) in [4.78, 5) is 37.6. The van der Waals surface area contributed by atoms with Gasteiger partial charge < -0.3 is 14.2 Å². The molecular weight excluding hydrogens is 733 g/mol. The summed E-state index contributed by atoms with van der Waals surface area (Å²) in [6.07, 6.45) is 55.9. The summed E-state index contributed by atoms with van der Waals surface area (Å²) in [6.45, 7) is 6.57. The summed E-state index contributed by atoms with van der Waals surface area (Å²) in [5.74, 6) is -0.878. The smallest absolute Gasteiger partial charge is 0.306 e. The third-order valence-corrected chi connectivity index (χ3v) is 11.1. The van der Waals surface area contributed by atoms with Gasteiger partial charge >= 0.3 is 17.9 Å². The molecule has 0 N–H and O–H groups in total. The minimum Gasteiger partial charge on any atom is -0.462 e. The van der Waals surface area contributed by atoms with Crippen LogP contribution >= 0.6 is 0 Å². The Kier molecular flexibility index (Phi) is 46.4. The van der Waals surface area contributed by atoms with Crippen molar-refractivity contribution in [2.24, 2.45) is 0 Å². The van der Waals surface area contributed by atoms with Gasteiger partial charge in [0.15, 0.2) is 6.10 Å². The number of allylic oxidation sites excluding steroid dienone is 6. The Morgan fingerprint density at radius 1 is 0.339 bits per heavy atom. The molecule has 1 atom stereocenters. The Bertz CT molecular complexity index is 1000. The van der Waals surface area contributed by atoms with E-state index in [-0.39, 0.29) is 31.1 Å². The van der Waals surface area contributed by atoms with Gasteiger partial charge in [0, 0.05) is 19.3 Å². The van der Waals surface area contributed by atoms with Crippen LogP contribution in [0.1, 0.15) is 265 Å². The SMILES string of the molecule is CCCCCCC/C=C\C/C=C\C/C=C\CCCCCCCCCCCCC(=O)OCC(COC(=O)CCCCCCCCC)OC(=O)CCCCCCCCCCC. The molecule has 6 nitrogen and oxygen atoms in total. The van der Waals surface area contributed by atoms with Crippen LogP contribution < -0.4 is 0 Å². The number of esters is 3. The van der Waals surface area contributed by atoms with Gasteiger partial charge in [-0.2, -0.15) is 0 Å². The third-order valence-electron chi connectivity index (χ3n) is 11.1. The number of rotatable bonds is 46. The highest BCUT2D eigenvalue weighted by Gasteiger charge is 2.19. The van der Waals surface area contributed by atoms with E-state index < -0.39 is 6.10 Å². The van der Waals surface area contributed by atoms with E-state index in [0.29, 0.717) is 19.3 Å². The van der Waals surface area contributed by atoms with Gasteiger partial charge in [0.05, 0.1) is 0 Å². The first-order valence-corrected chi connectivity index (χ1v) is 25.5. The van der Waals surface area contributed by atoms with Crippen LogP contribution in [0.3, 0.4) is 0 Å². The van der Waals surface area contributed by atoms with Crippen LogP contribution in [0, 0.1) is 0 Å². The van der Waals surface area contributed by atoms with Crippen LogP contribution in [0.25, 0.3) is 0 Å². The molecule has 0 aliphatic heterocycles. The topological polar surface area (TPSA) is 78.9 Å². The van der Waals surface area contributed by atoms with Crippen molar-refractivity contribution < 1.29 is 28.6 Å². The maximum atomic E-state index is 12.7. The van der Waals surface area contributed by atoms with Crippen molar-refractivity contribution in [3.63, 3.8) is 0 Å². The Balaban J connectivity index is 4.08. The van der Waals surface area contributed by atoms with Crippen LogP contribution in [0.2, 0.25) is 0 Å². The van der Waals surface area contributed by atoms with Gasteiger partial charge in [-0.05, 0) is 57.8 Å². The Labute approximate surface area is 365 Å². The molecule has 0 fully saturated rings. The number of carbonyl (C=O) groups is 3. The molecule has 344 valence electrons. The van der Waals surface area contributed by atoms with Gasteiger partial charge in [0.1, 0.15) is 13.2 Å². The fourth-order valence-corrected chi connectivity index (χ4v) is 7.27. The molecule has 0 bridgehead atoms. The molecule has 0 aliphatic carbocycles. The Morgan fingerprint density at radius 2 is 0.610 bits per heavy atom. The molecule has 6 heteroatoms. The highest BCUT2D eigenvalue weighted by atomic mass is 16.6. The number of ether oxygens (including phenoxy) is 3. The highest BCUT2D eigenvalue weighted by Crippen LogP contribution is 2.15. The van der Waals surface area contributed by atoms with E-state index in [4.69, 9.17) is 14.2 Å². The average Bonchev–Trinajstić information content (AvgIpc) is 3.23. The van der Waals surface area contributed by atoms with Crippen LogP contribution in [0.5, 0.6) is 0 Å². The minimum absolute atomic E-state index is 0.0706. The Morgan fingerprint density at radius 3 is 0.949 bits per heavy atom. The molecule has 0 rings (SSSR count). The zero-order valence-corrected chi connectivity index (χ0v) is 39.3. The van der Waals surface area contributed by atoms with E-state index in [1.54, 1.807) is 0 Å². The quantitative estimate of drug-likeness (QED) is 0.0263. The summed E-state index contributed by atoms with van der Waals surface area (Å²) >= 11 is 0. The molecule has 59 heavy (non-hydrogen) atoms. The molecule has 0 aromatic carbocycles. The van der Waals surface area contributed by atoms with E-state index in [1.807, 2.05) is 0 Å². The lowest BCUT2D eigenvalue weighted by molar-refractivity contribution is -0.167. The summed E-state index contributed by atoms with van der Waals surface area (Å²) in [7, 11) is 0. The number of hydrogen-bond donors (Lipinski definition) is 0. The zero-order chi connectivity index (χ0) is 43.0. The van der Waals surface area contributed by atoms with Crippen molar-refractivity contribution in [2.45, 2.75) is 271 Å². The van der Waals surface area contributed by atoms with Crippen molar-refractivity contribution >= 4 is 17.9 Å². The van der Waals surface area contributed by atoms with Crippen molar-refractivity contribution in [2.75, 3.05) is 13.2 Å². The molecule has 0 heterocycles. The third kappa shape index (κ3) is 46.5. The first kappa shape index (κ1) is 56.6. The van der Waals surface area contributed by atoms with Gasteiger partial charge in [-0.3, -0.25) is 14.4 Å². The normalized spacial score (nSPS) is 12.3. The van der Waals surface area contributed by atoms with Crippen molar-refractivity contribution in [1.29, 1.82) is 0 Å². The number of unbranched alkanes of at least 4 members (excludes halogenated alkanes) is 29. The van der Waals surface area contributed by atoms with Crippen LogP contribution in [0.15, 0.2) is 36.5 Å². The van der Waals surface area contributed by atoms with E-state index in [9.17, 15) is 14.4 Å². The molecule has 0 saturated heterocycles. The van der Waals surface area contributed by atoms with Crippen LogP contribution in [-0.4, -0.2) is 37.2 Å². The number of hydrogen-bond acceptors (Lipinski definition) is 6. The first-order chi connectivity index (χ1) is 29.0. The van der Waals surface area contributed by atoms with E-state index in [2.05, 4.69) is 57.2 Å². The first-order valence-electron chi connectivity index (χ1n) is 25.5. The van der Waals surface area contributed by atoms with Gasteiger partial charge in [-0.15, -0.1) is 0 Å². The second-order valence-corrected chi connectivity index (χ2v) is 17.1. The lowest BCUT2D eigenvalue weighted by Gasteiger charge is -2.18. The highest BCUT2D eigenvalue weighted by molar-refractivity contribution is 5.71. The van der Waals surface area contributed by atoms with Crippen LogP contribution in [0.4, 0.5) is 0 Å². The maximum absolute atomic E-state index is 12.7. The molecule has 0 aromatic heterocycles. The Hall–Kier alpha value is -2.37. The summed E-state index contributed by atoms with van der Waals surface area (Å²) in [5, 5.41) is 0. The lowest BCUT2D eigenvalue weighted by Crippen LogP contribution is -2.30. The molecule has 0 radical (unpaired) electrons. The van der Waals surface area contributed by atoms with Gasteiger partial charge in [-0.25, -0.2) is 0 Å². The minimum atomic E-state index is -0.765. The fraction of sp³-hybridized carbons (Fsp3) is 0.830. The average molecular weight is 829 g/mol.